The summed E-state index contributed by atoms with van der Waals surface area (Å²) in [4.78, 5) is 21.2. The minimum Gasteiger partial charge on any atom is -0.384 e. The maximum absolute atomic E-state index is 10.8. The molecule has 0 radical (unpaired) electrons. The van der Waals surface area contributed by atoms with Gasteiger partial charge < -0.3 is 21.9 Å². The van der Waals surface area contributed by atoms with E-state index in [0.717, 1.165) is 0 Å². The van der Waals surface area contributed by atoms with Crippen molar-refractivity contribution in [2.45, 2.75) is 6.04 Å². The lowest BCUT2D eigenvalue weighted by atomic mass is 10.3. The van der Waals surface area contributed by atoms with Gasteiger partial charge in [0.2, 0.25) is 5.91 Å². The van der Waals surface area contributed by atoms with Crippen molar-refractivity contribution in [1.82, 2.24) is 5.32 Å². The summed E-state index contributed by atoms with van der Waals surface area (Å²) in [5.41, 5.74) is 10.0. The molecule has 0 fully saturated rings. The fraction of sp³-hybridized carbons (Fsp3) is 0.286. The zero-order valence-electron chi connectivity index (χ0n) is 7.11. The molecule has 0 aliphatic rings. The van der Waals surface area contributed by atoms with E-state index in [4.69, 9.17) is 16.6 Å². The van der Waals surface area contributed by atoms with Crippen LogP contribution in [-0.2, 0) is 9.59 Å². The Labute approximate surface area is 85.6 Å². The molecule has 2 amide bonds. The molecule has 0 bridgehead atoms. The molecule has 0 heterocycles. The van der Waals surface area contributed by atoms with E-state index in [1.54, 1.807) is 0 Å². The lowest BCUT2D eigenvalue weighted by Gasteiger charge is -2.07. The first kappa shape index (κ1) is 12.5. The van der Waals surface area contributed by atoms with Gasteiger partial charge in [-0.25, -0.2) is 0 Å². The number of primary amides is 1. The summed E-state index contributed by atoms with van der Waals surface area (Å²) in [6, 6.07) is -1.22. The Hall–Kier alpha value is -1.49. The number of thiocarbonyl (C=S) groups is 1. The second-order valence-electron chi connectivity index (χ2n) is 2.16. The zero-order valence-corrected chi connectivity index (χ0v) is 7.93. The minimum absolute atomic E-state index is 0.199. The van der Waals surface area contributed by atoms with Crippen LogP contribution in [0.1, 0.15) is 0 Å². The van der Waals surface area contributed by atoms with Crippen LogP contribution in [0, 0.1) is 11.8 Å². The van der Waals surface area contributed by atoms with Gasteiger partial charge in [-0.15, -0.1) is 0 Å². The van der Waals surface area contributed by atoms with Crippen LogP contribution in [0.3, 0.4) is 0 Å². The smallest absolute Gasteiger partial charge is 0.300 e. The first-order chi connectivity index (χ1) is 6.49. The molecule has 0 aliphatic carbocycles. The third-order valence-corrected chi connectivity index (χ3v) is 1.46. The third kappa shape index (κ3) is 4.51. The second kappa shape index (κ2) is 6.04. The topological polar surface area (TPSA) is 118 Å². The summed E-state index contributed by atoms with van der Waals surface area (Å²) in [6.07, 6.45) is 0. The first-order valence-corrected chi connectivity index (χ1v) is 3.89. The summed E-state index contributed by atoms with van der Waals surface area (Å²) in [7, 11) is 0. The van der Waals surface area contributed by atoms with Gasteiger partial charge >= 0.3 is 5.91 Å². The highest BCUT2D eigenvalue weighted by atomic mass is 32.1. The average molecular weight is 215 g/mol. The quantitative estimate of drug-likeness (QED) is 0.294. The van der Waals surface area contributed by atoms with Gasteiger partial charge in [-0.2, -0.15) is 0 Å². The van der Waals surface area contributed by atoms with Gasteiger partial charge in [-0.1, -0.05) is 18.1 Å². The molecule has 6 nitrogen and oxygen atoms in total. The number of rotatable bonds is 2. The molecule has 1 atom stereocenters. The van der Waals surface area contributed by atoms with Crippen LogP contribution in [-0.4, -0.2) is 34.6 Å². The van der Waals surface area contributed by atoms with E-state index in [9.17, 15) is 9.59 Å². The van der Waals surface area contributed by atoms with Gasteiger partial charge in [0, 0.05) is 0 Å². The molecule has 0 rings (SSSR count). The van der Waals surface area contributed by atoms with Crippen LogP contribution in [0.15, 0.2) is 0 Å². The van der Waals surface area contributed by atoms with Gasteiger partial charge in [0.25, 0.3) is 0 Å². The lowest BCUT2D eigenvalue weighted by Crippen LogP contribution is -2.49. The maximum Gasteiger partial charge on any atom is 0.300 e. The Morgan fingerprint density at radius 3 is 2.57 bits per heavy atom. The summed E-state index contributed by atoms with van der Waals surface area (Å²) in [6.45, 7) is -0.442. The third-order valence-electron chi connectivity index (χ3n) is 1.11. The fourth-order valence-corrected chi connectivity index (χ4v) is 0.679. The molecule has 0 aliphatic heterocycles. The number of amides is 2. The molecule has 0 aromatic carbocycles. The highest BCUT2D eigenvalue weighted by molar-refractivity contribution is 7.80. The number of hydrogen-bond acceptors (Lipinski definition) is 5. The minimum atomic E-state index is -1.22. The number of carbonyl (C=O) groups is 2. The molecule has 6 N–H and O–H groups in total. The van der Waals surface area contributed by atoms with E-state index in [0.29, 0.717) is 0 Å². The van der Waals surface area contributed by atoms with Gasteiger partial charge in [-0.05, 0) is 5.92 Å². The van der Waals surface area contributed by atoms with Crippen LogP contribution < -0.4 is 16.8 Å². The van der Waals surface area contributed by atoms with Gasteiger partial charge in [-0.3, -0.25) is 9.59 Å². The standard InChI is InChI=1S/C7H9N3O3S/c8-5(6(9)13)7(14)10-4(12)2-1-3-11/h5,11H,3,8H2,(H2,9,13)(H,10,12,14). The normalized spacial score (nSPS) is 10.7. The van der Waals surface area contributed by atoms with E-state index in [1.807, 2.05) is 5.92 Å². The number of nitrogens with two attached hydrogens (primary N) is 2. The van der Waals surface area contributed by atoms with Crippen molar-refractivity contribution in [3.63, 3.8) is 0 Å². The van der Waals surface area contributed by atoms with E-state index in [2.05, 4.69) is 23.5 Å². The molecule has 0 saturated carbocycles. The Balaban J connectivity index is 4.20. The number of aliphatic hydroxyl groups is 1. The molecule has 0 spiro atoms. The molecular formula is C7H9N3O3S. The predicted octanol–water partition coefficient (Wildman–Crippen LogP) is -2.76. The Bertz CT molecular complexity index is 318. The highest BCUT2D eigenvalue weighted by Crippen LogP contribution is 1.81. The number of nitrogens with one attached hydrogen (secondary N) is 1. The Kier molecular flexibility index (Phi) is 5.40. The molecular weight excluding hydrogens is 206 g/mol. The molecule has 76 valence electrons. The summed E-state index contributed by atoms with van der Waals surface area (Å²) >= 11 is 4.59. The largest absolute Gasteiger partial charge is 0.384 e. The van der Waals surface area contributed by atoms with Crippen LogP contribution in [0.4, 0.5) is 0 Å². The first-order valence-electron chi connectivity index (χ1n) is 3.48. The van der Waals surface area contributed by atoms with Crippen LogP contribution in [0.2, 0.25) is 0 Å². The van der Waals surface area contributed by atoms with Gasteiger partial charge in [0.05, 0.1) is 0 Å². The highest BCUT2D eigenvalue weighted by Gasteiger charge is 2.16. The lowest BCUT2D eigenvalue weighted by molar-refractivity contribution is -0.117. The van der Waals surface area contributed by atoms with Crippen molar-refractivity contribution in [3.05, 3.63) is 0 Å². The van der Waals surface area contributed by atoms with E-state index >= 15 is 0 Å². The zero-order chi connectivity index (χ0) is 11.1. The molecule has 0 saturated heterocycles. The van der Waals surface area contributed by atoms with Gasteiger partial charge in [0.15, 0.2) is 0 Å². The number of aliphatic hydroxyl groups excluding tert-OH is 1. The molecule has 7 heteroatoms. The van der Waals surface area contributed by atoms with Gasteiger partial charge in [0.1, 0.15) is 17.6 Å². The molecule has 0 aromatic heterocycles. The Morgan fingerprint density at radius 2 is 2.14 bits per heavy atom. The van der Waals surface area contributed by atoms with Crippen molar-refractivity contribution in [3.8, 4) is 11.8 Å². The van der Waals surface area contributed by atoms with Crippen molar-refractivity contribution >= 4 is 29.0 Å². The van der Waals surface area contributed by atoms with Crippen LogP contribution >= 0.6 is 12.2 Å². The van der Waals surface area contributed by atoms with Crippen molar-refractivity contribution < 1.29 is 14.7 Å². The second-order valence-corrected chi connectivity index (χ2v) is 2.60. The number of carbonyl (C=O) groups excluding carboxylic acids is 2. The van der Waals surface area contributed by atoms with Crippen LogP contribution in [0.5, 0.6) is 0 Å². The predicted molar refractivity (Wildman–Crippen MR) is 52.8 cm³/mol. The van der Waals surface area contributed by atoms with Crippen LogP contribution in [0.25, 0.3) is 0 Å². The van der Waals surface area contributed by atoms with Crippen molar-refractivity contribution in [2.24, 2.45) is 11.5 Å². The fourth-order valence-electron chi connectivity index (χ4n) is 0.470. The SMILES string of the molecule is NC(=O)C(N)C(=S)NC(=O)C#CCO. The van der Waals surface area contributed by atoms with E-state index in [-0.39, 0.29) is 4.99 Å². The van der Waals surface area contributed by atoms with Crippen molar-refractivity contribution in [2.75, 3.05) is 6.61 Å². The molecule has 14 heavy (non-hydrogen) atoms. The summed E-state index contributed by atoms with van der Waals surface area (Å²) in [5, 5.41) is 10.3. The Morgan fingerprint density at radius 1 is 1.57 bits per heavy atom. The molecule has 1 unspecified atom stereocenters. The average Bonchev–Trinajstić information content (AvgIpc) is 2.13. The van der Waals surface area contributed by atoms with E-state index in [1.165, 1.54) is 0 Å². The number of hydrogen-bond donors (Lipinski definition) is 4. The van der Waals surface area contributed by atoms with Crippen molar-refractivity contribution in [1.29, 1.82) is 0 Å². The summed E-state index contributed by atoms with van der Waals surface area (Å²) in [5.74, 6) is 2.52. The summed E-state index contributed by atoms with van der Waals surface area (Å²) < 4.78 is 0. The maximum atomic E-state index is 10.8. The van der Waals surface area contributed by atoms with E-state index < -0.39 is 24.5 Å². The molecule has 0 aromatic rings. The monoisotopic (exact) mass is 215 g/mol.